The van der Waals surface area contributed by atoms with Crippen molar-refractivity contribution in [2.24, 2.45) is 0 Å². The summed E-state index contributed by atoms with van der Waals surface area (Å²) in [5.41, 5.74) is 1.15. The second kappa shape index (κ2) is 6.09. The zero-order valence-electron chi connectivity index (χ0n) is 10.3. The maximum Gasteiger partial charge on any atom is 0.185 e. The van der Waals surface area contributed by atoms with Crippen LogP contribution in [0.5, 0.6) is 5.75 Å². The van der Waals surface area contributed by atoms with E-state index in [0.717, 1.165) is 0 Å². The SMILES string of the molecule is COc1ccc(C(=O)C(Cl)c2ccccc2Cl)cc1. The Morgan fingerprint density at radius 3 is 2.32 bits per heavy atom. The number of carbonyl (C=O) groups excluding carboxylic acids is 1. The Kier molecular flexibility index (Phi) is 4.46. The molecular weight excluding hydrogens is 283 g/mol. The van der Waals surface area contributed by atoms with Crippen molar-refractivity contribution in [1.82, 2.24) is 0 Å². The molecule has 2 nitrogen and oxygen atoms in total. The number of Topliss-reactive ketones (excluding diaryl/α,β-unsaturated/α-hetero) is 1. The molecule has 0 aliphatic heterocycles. The molecule has 0 radical (unpaired) electrons. The van der Waals surface area contributed by atoms with E-state index in [1.54, 1.807) is 55.6 Å². The lowest BCUT2D eigenvalue weighted by Gasteiger charge is -2.11. The van der Waals surface area contributed by atoms with Gasteiger partial charge < -0.3 is 4.74 Å². The average molecular weight is 295 g/mol. The lowest BCUT2D eigenvalue weighted by molar-refractivity contribution is 0.0987. The zero-order valence-corrected chi connectivity index (χ0v) is 11.8. The molecule has 98 valence electrons. The van der Waals surface area contributed by atoms with Gasteiger partial charge in [-0.05, 0) is 35.9 Å². The second-order valence-electron chi connectivity index (χ2n) is 3.98. The van der Waals surface area contributed by atoms with E-state index in [1.807, 2.05) is 0 Å². The van der Waals surface area contributed by atoms with E-state index in [1.165, 1.54) is 0 Å². The monoisotopic (exact) mass is 294 g/mol. The van der Waals surface area contributed by atoms with Crippen molar-refractivity contribution < 1.29 is 9.53 Å². The van der Waals surface area contributed by atoms with Crippen molar-refractivity contribution in [2.75, 3.05) is 7.11 Å². The number of halogens is 2. The minimum absolute atomic E-state index is 0.183. The standard InChI is InChI=1S/C15H12Cl2O2/c1-19-11-8-6-10(7-9-11)15(18)14(17)12-4-2-3-5-13(12)16/h2-9,14H,1H3. The van der Waals surface area contributed by atoms with Crippen LogP contribution < -0.4 is 4.74 Å². The van der Waals surface area contributed by atoms with Crippen molar-refractivity contribution in [2.45, 2.75) is 5.38 Å². The quantitative estimate of drug-likeness (QED) is 0.612. The topological polar surface area (TPSA) is 26.3 Å². The van der Waals surface area contributed by atoms with Crippen molar-refractivity contribution >= 4 is 29.0 Å². The van der Waals surface area contributed by atoms with Crippen LogP contribution in [0, 0.1) is 0 Å². The van der Waals surface area contributed by atoms with E-state index < -0.39 is 5.38 Å². The number of hydrogen-bond acceptors (Lipinski definition) is 2. The third kappa shape index (κ3) is 3.09. The molecule has 0 N–H and O–H groups in total. The van der Waals surface area contributed by atoms with Gasteiger partial charge in [-0.15, -0.1) is 11.6 Å². The molecule has 4 heteroatoms. The number of rotatable bonds is 4. The van der Waals surface area contributed by atoms with Crippen LogP contribution in [-0.2, 0) is 0 Å². The van der Waals surface area contributed by atoms with Gasteiger partial charge in [0.2, 0.25) is 0 Å². The van der Waals surface area contributed by atoms with Crippen LogP contribution in [0.2, 0.25) is 5.02 Å². The van der Waals surface area contributed by atoms with Crippen LogP contribution >= 0.6 is 23.2 Å². The molecule has 0 aliphatic rings. The maximum atomic E-state index is 12.3. The first-order valence-corrected chi connectivity index (χ1v) is 6.51. The number of hydrogen-bond donors (Lipinski definition) is 0. The number of benzene rings is 2. The molecule has 1 unspecified atom stereocenters. The lowest BCUT2D eigenvalue weighted by Crippen LogP contribution is -2.07. The van der Waals surface area contributed by atoms with Crippen LogP contribution in [0.3, 0.4) is 0 Å². The fourth-order valence-corrected chi connectivity index (χ4v) is 2.34. The molecular formula is C15H12Cl2O2. The molecule has 0 saturated carbocycles. The molecule has 0 bridgehead atoms. The number of methoxy groups -OCH3 is 1. The third-order valence-corrected chi connectivity index (χ3v) is 3.56. The fourth-order valence-electron chi connectivity index (χ4n) is 1.72. The van der Waals surface area contributed by atoms with Crippen LogP contribution in [0.1, 0.15) is 21.3 Å². The van der Waals surface area contributed by atoms with Gasteiger partial charge in [0.05, 0.1) is 7.11 Å². The van der Waals surface area contributed by atoms with E-state index in [-0.39, 0.29) is 5.78 Å². The molecule has 0 aromatic heterocycles. The van der Waals surface area contributed by atoms with Crippen LogP contribution in [-0.4, -0.2) is 12.9 Å². The molecule has 0 heterocycles. The van der Waals surface area contributed by atoms with Gasteiger partial charge in [0, 0.05) is 10.6 Å². The summed E-state index contributed by atoms with van der Waals surface area (Å²) < 4.78 is 5.05. The van der Waals surface area contributed by atoms with Gasteiger partial charge in [-0.2, -0.15) is 0 Å². The molecule has 0 fully saturated rings. The van der Waals surface area contributed by atoms with E-state index in [2.05, 4.69) is 0 Å². The number of ketones is 1. The minimum Gasteiger partial charge on any atom is -0.497 e. The Labute approximate surface area is 121 Å². The molecule has 2 aromatic carbocycles. The number of alkyl halides is 1. The molecule has 0 amide bonds. The maximum absolute atomic E-state index is 12.3. The van der Waals surface area contributed by atoms with Crippen molar-refractivity contribution in [3.05, 3.63) is 64.7 Å². The Morgan fingerprint density at radius 2 is 1.74 bits per heavy atom. The van der Waals surface area contributed by atoms with E-state index in [9.17, 15) is 4.79 Å². The molecule has 2 rings (SSSR count). The van der Waals surface area contributed by atoms with Gasteiger partial charge in [0.25, 0.3) is 0 Å². The van der Waals surface area contributed by atoms with Crippen LogP contribution in [0.25, 0.3) is 0 Å². The third-order valence-electron chi connectivity index (χ3n) is 2.78. The first-order chi connectivity index (χ1) is 9.13. The van der Waals surface area contributed by atoms with Gasteiger partial charge in [0.1, 0.15) is 11.1 Å². The first-order valence-electron chi connectivity index (χ1n) is 5.70. The highest BCUT2D eigenvalue weighted by molar-refractivity contribution is 6.37. The minimum atomic E-state index is -0.790. The van der Waals surface area contributed by atoms with Crippen LogP contribution in [0.4, 0.5) is 0 Å². The predicted octanol–water partition coefficient (Wildman–Crippen LogP) is 4.51. The summed E-state index contributed by atoms with van der Waals surface area (Å²) in [5, 5.41) is -0.300. The number of carbonyl (C=O) groups is 1. The predicted molar refractivity (Wildman–Crippen MR) is 77.4 cm³/mol. The Hall–Kier alpha value is -1.51. The Morgan fingerprint density at radius 1 is 1.11 bits per heavy atom. The Balaban J connectivity index is 2.26. The summed E-state index contributed by atoms with van der Waals surface area (Å²) in [6.45, 7) is 0. The van der Waals surface area contributed by atoms with E-state index >= 15 is 0 Å². The van der Waals surface area contributed by atoms with Gasteiger partial charge in [-0.3, -0.25) is 4.79 Å². The van der Waals surface area contributed by atoms with Gasteiger partial charge in [0.15, 0.2) is 5.78 Å². The summed E-state index contributed by atoms with van der Waals surface area (Å²) in [6.07, 6.45) is 0. The van der Waals surface area contributed by atoms with Crippen molar-refractivity contribution in [1.29, 1.82) is 0 Å². The smallest absolute Gasteiger partial charge is 0.185 e. The van der Waals surface area contributed by atoms with E-state index in [0.29, 0.717) is 21.9 Å². The second-order valence-corrected chi connectivity index (χ2v) is 4.82. The summed E-state index contributed by atoms with van der Waals surface area (Å²) in [5.74, 6) is 0.512. The summed E-state index contributed by atoms with van der Waals surface area (Å²) in [6, 6.07) is 13.9. The summed E-state index contributed by atoms with van der Waals surface area (Å²) in [7, 11) is 1.57. The van der Waals surface area contributed by atoms with Crippen molar-refractivity contribution in [3.63, 3.8) is 0 Å². The van der Waals surface area contributed by atoms with E-state index in [4.69, 9.17) is 27.9 Å². The largest absolute Gasteiger partial charge is 0.497 e. The Bertz CT molecular complexity index is 579. The lowest BCUT2D eigenvalue weighted by atomic mass is 10.0. The average Bonchev–Trinajstić information content (AvgIpc) is 2.46. The van der Waals surface area contributed by atoms with Gasteiger partial charge in [-0.1, -0.05) is 29.8 Å². The molecule has 19 heavy (non-hydrogen) atoms. The summed E-state index contributed by atoms with van der Waals surface area (Å²) in [4.78, 5) is 12.3. The molecule has 1 atom stereocenters. The normalized spacial score (nSPS) is 11.9. The van der Waals surface area contributed by atoms with Gasteiger partial charge >= 0.3 is 0 Å². The van der Waals surface area contributed by atoms with Crippen LogP contribution in [0.15, 0.2) is 48.5 Å². The zero-order chi connectivity index (χ0) is 13.8. The molecule has 0 aliphatic carbocycles. The molecule has 0 saturated heterocycles. The highest BCUT2D eigenvalue weighted by Crippen LogP contribution is 2.30. The highest BCUT2D eigenvalue weighted by Gasteiger charge is 2.21. The first kappa shape index (κ1) is 13.9. The molecule has 2 aromatic rings. The summed E-state index contributed by atoms with van der Waals surface area (Å²) >= 11 is 12.2. The molecule has 0 spiro atoms. The number of ether oxygens (including phenoxy) is 1. The van der Waals surface area contributed by atoms with Gasteiger partial charge in [-0.25, -0.2) is 0 Å². The highest BCUT2D eigenvalue weighted by atomic mass is 35.5. The van der Waals surface area contributed by atoms with Crippen molar-refractivity contribution in [3.8, 4) is 5.75 Å². The fraction of sp³-hybridized carbons (Fsp3) is 0.133.